The first kappa shape index (κ1) is 26.0. The van der Waals surface area contributed by atoms with Crippen LogP contribution >= 0.6 is 0 Å². The van der Waals surface area contributed by atoms with Gasteiger partial charge in [-0.3, -0.25) is 9.59 Å². The molecular formula is C21H38N4O3. The van der Waals surface area contributed by atoms with Gasteiger partial charge in [-0.25, -0.2) is 0 Å². The number of carbonyl (C=O) groups excluding carboxylic acids is 1. The number of nitrogens with two attached hydrogens (primary N) is 3. The standard InChI is InChI=1S/C9H11NO.C6H14N2O2.C6H13N/c1-10(2)9-5-3-8(7-11)4-6-9;7-4-2-1-3-5(8)6(9)10;7-6-4-2-1-3-5-6/h3-7H,1-2H3;5H,1-4,7-8H2,(H,9,10);6H,1-5,7H2/t;5-;/m.0./s1. The fourth-order valence-corrected chi connectivity index (χ4v) is 2.62. The topological polar surface area (TPSA) is 136 Å². The summed E-state index contributed by atoms with van der Waals surface area (Å²) < 4.78 is 0. The minimum Gasteiger partial charge on any atom is -0.480 e. The molecule has 0 bridgehead atoms. The van der Waals surface area contributed by atoms with Crippen molar-refractivity contribution in [1.29, 1.82) is 0 Å². The van der Waals surface area contributed by atoms with E-state index in [1.807, 2.05) is 43.3 Å². The van der Waals surface area contributed by atoms with E-state index < -0.39 is 12.0 Å². The van der Waals surface area contributed by atoms with Crippen molar-refractivity contribution >= 4 is 17.9 Å². The smallest absolute Gasteiger partial charge is 0.320 e. The van der Waals surface area contributed by atoms with Crippen LogP contribution in [0, 0.1) is 0 Å². The Hall–Kier alpha value is -1.96. The lowest BCUT2D eigenvalue weighted by molar-refractivity contribution is -0.138. The largest absolute Gasteiger partial charge is 0.480 e. The average Bonchev–Trinajstić information content (AvgIpc) is 2.69. The molecule has 0 spiro atoms. The number of aliphatic carboxylic acids is 1. The van der Waals surface area contributed by atoms with Crippen molar-refractivity contribution in [1.82, 2.24) is 0 Å². The van der Waals surface area contributed by atoms with E-state index in [2.05, 4.69) is 0 Å². The zero-order chi connectivity index (χ0) is 21.4. The summed E-state index contributed by atoms with van der Waals surface area (Å²) in [6, 6.07) is 7.28. The van der Waals surface area contributed by atoms with Gasteiger partial charge in [0.05, 0.1) is 0 Å². The lowest BCUT2D eigenvalue weighted by atomic mass is 9.97. The first-order chi connectivity index (χ1) is 13.3. The maximum absolute atomic E-state index is 10.3. The molecule has 0 heterocycles. The molecule has 0 aromatic heterocycles. The number of benzene rings is 1. The molecule has 1 aliphatic rings. The van der Waals surface area contributed by atoms with Crippen LogP contribution in [-0.4, -0.2) is 50.1 Å². The normalized spacial score (nSPS) is 14.6. The molecular weight excluding hydrogens is 356 g/mol. The second-order valence-electron chi connectivity index (χ2n) is 7.23. The number of unbranched alkanes of at least 4 members (excludes halogenated alkanes) is 1. The maximum atomic E-state index is 10.3. The van der Waals surface area contributed by atoms with E-state index >= 15 is 0 Å². The van der Waals surface area contributed by atoms with Crippen LogP contribution in [0.2, 0.25) is 0 Å². The zero-order valence-corrected chi connectivity index (χ0v) is 17.3. The summed E-state index contributed by atoms with van der Waals surface area (Å²) in [5.74, 6) is -0.933. The number of carboxylic acid groups (broad SMARTS) is 1. The molecule has 0 radical (unpaired) electrons. The van der Waals surface area contributed by atoms with Crippen LogP contribution in [0.15, 0.2) is 24.3 Å². The van der Waals surface area contributed by atoms with Crippen LogP contribution in [-0.2, 0) is 4.79 Å². The van der Waals surface area contributed by atoms with Crippen molar-refractivity contribution in [3.8, 4) is 0 Å². The van der Waals surface area contributed by atoms with E-state index in [9.17, 15) is 9.59 Å². The van der Waals surface area contributed by atoms with Crippen LogP contribution in [0.3, 0.4) is 0 Å². The molecule has 7 nitrogen and oxygen atoms in total. The molecule has 1 fully saturated rings. The number of carboxylic acids is 1. The van der Waals surface area contributed by atoms with Crippen LogP contribution in [0.1, 0.15) is 61.7 Å². The molecule has 0 saturated heterocycles. The van der Waals surface area contributed by atoms with Crippen LogP contribution < -0.4 is 22.1 Å². The third-order valence-electron chi connectivity index (χ3n) is 4.48. The number of aldehydes is 1. The molecule has 0 aliphatic heterocycles. The Kier molecular flexibility index (Phi) is 14.9. The van der Waals surface area contributed by atoms with E-state index in [4.69, 9.17) is 22.3 Å². The van der Waals surface area contributed by atoms with Gasteiger partial charge in [0.2, 0.25) is 0 Å². The Balaban J connectivity index is 0.000000400. The highest BCUT2D eigenvalue weighted by Gasteiger charge is 2.09. The summed E-state index contributed by atoms with van der Waals surface area (Å²) in [6.07, 6.45) is 9.67. The summed E-state index contributed by atoms with van der Waals surface area (Å²) in [4.78, 5) is 22.4. The number of hydrogen-bond acceptors (Lipinski definition) is 6. The molecule has 2 rings (SSSR count). The summed E-state index contributed by atoms with van der Waals surface area (Å²) in [5, 5.41) is 8.33. The van der Waals surface area contributed by atoms with Crippen LogP contribution in [0.25, 0.3) is 0 Å². The van der Waals surface area contributed by atoms with Gasteiger partial charge in [-0.05, 0) is 56.5 Å². The Labute approximate surface area is 169 Å². The quantitative estimate of drug-likeness (QED) is 0.412. The van der Waals surface area contributed by atoms with Crippen LogP contribution in [0.5, 0.6) is 0 Å². The molecule has 0 amide bonds. The Morgan fingerprint density at radius 2 is 1.75 bits per heavy atom. The second kappa shape index (κ2) is 16.0. The molecule has 0 unspecified atom stereocenters. The molecule has 1 aliphatic carbocycles. The number of nitrogens with zero attached hydrogens (tertiary/aromatic N) is 1. The van der Waals surface area contributed by atoms with E-state index in [1.165, 1.54) is 32.1 Å². The van der Waals surface area contributed by atoms with Gasteiger partial charge >= 0.3 is 5.97 Å². The monoisotopic (exact) mass is 394 g/mol. The van der Waals surface area contributed by atoms with Gasteiger partial charge in [0, 0.05) is 31.4 Å². The van der Waals surface area contributed by atoms with E-state index in [-0.39, 0.29) is 0 Å². The van der Waals surface area contributed by atoms with Gasteiger partial charge < -0.3 is 27.2 Å². The number of carbonyl (C=O) groups is 2. The highest BCUT2D eigenvalue weighted by molar-refractivity contribution is 5.75. The van der Waals surface area contributed by atoms with Crippen molar-refractivity contribution in [2.75, 3.05) is 25.5 Å². The van der Waals surface area contributed by atoms with Crippen molar-refractivity contribution < 1.29 is 14.7 Å². The van der Waals surface area contributed by atoms with Gasteiger partial charge in [0.15, 0.2) is 0 Å². The number of anilines is 1. The second-order valence-corrected chi connectivity index (χ2v) is 7.23. The van der Waals surface area contributed by atoms with Crippen LogP contribution in [0.4, 0.5) is 5.69 Å². The zero-order valence-electron chi connectivity index (χ0n) is 17.3. The van der Waals surface area contributed by atoms with E-state index in [0.717, 1.165) is 30.4 Å². The number of hydrogen-bond donors (Lipinski definition) is 4. The van der Waals surface area contributed by atoms with Crippen molar-refractivity contribution in [2.45, 2.75) is 63.5 Å². The predicted octanol–water partition coefficient (Wildman–Crippen LogP) is 2.37. The SMILES string of the molecule is CN(C)c1ccc(C=O)cc1.NC1CCCCC1.NCCCC[C@H](N)C(=O)O. The van der Waals surface area contributed by atoms with Crippen molar-refractivity contribution in [3.63, 3.8) is 0 Å². The van der Waals surface area contributed by atoms with Gasteiger partial charge in [-0.2, -0.15) is 0 Å². The lowest BCUT2D eigenvalue weighted by Crippen LogP contribution is -2.29. The molecule has 1 aromatic carbocycles. The Morgan fingerprint density at radius 1 is 1.18 bits per heavy atom. The summed E-state index contributed by atoms with van der Waals surface area (Å²) in [5.41, 5.74) is 17.9. The molecule has 28 heavy (non-hydrogen) atoms. The fourth-order valence-electron chi connectivity index (χ4n) is 2.62. The van der Waals surface area contributed by atoms with Gasteiger partial charge in [-0.15, -0.1) is 0 Å². The average molecular weight is 395 g/mol. The summed E-state index contributed by atoms with van der Waals surface area (Å²) in [7, 11) is 3.94. The third-order valence-corrected chi connectivity index (χ3v) is 4.48. The maximum Gasteiger partial charge on any atom is 0.320 e. The molecule has 1 aromatic rings. The first-order valence-electron chi connectivity index (χ1n) is 9.98. The molecule has 1 atom stereocenters. The molecule has 160 valence electrons. The Bertz CT molecular complexity index is 529. The minimum absolute atomic E-state index is 0.520. The number of rotatable bonds is 7. The fraction of sp³-hybridized carbons (Fsp3) is 0.619. The Morgan fingerprint density at radius 3 is 2.11 bits per heavy atom. The lowest BCUT2D eigenvalue weighted by Gasteiger charge is -2.15. The van der Waals surface area contributed by atoms with E-state index in [1.54, 1.807) is 0 Å². The van der Waals surface area contributed by atoms with Crippen molar-refractivity contribution in [2.24, 2.45) is 17.2 Å². The third kappa shape index (κ3) is 13.2. The van der Waals surface area contributed by atoms with E-state index in [0.29, 0.717) is 19.0 Å². The van der Waals surface area contributed by atoms with Crippen molar-refractivity contribution in [3.05, 3.63) is 29.8 Å². The predicted molar refractivity (Wildman–Crippen MR) is 116 cm³/mol. The molecule has 7 N–H and O–H groups in total. The highest BCUT2D eigenvalue weighted by Crippen LogP contribution is 2.14. The molecule has 1 saturated carbocycles. The molecule has 7 heteroatoms. The highest BCUT2D eigenvalue weighted by atomic mass is 16.4. The van der Waals surface area contributed by atoms with Gasteiger partial charge in [0.25, 0.3) is 0 Å². The van der Waals surface area contributed by atoms with Gasteiger partial charge in [0.1, 0.15) is 12.3 Å². The summed E-state index contributed by atoms with van der Waals surface area (Å²) >= 11 is 0. The minimum atomic E-state index is -0.933. The summed E-state index contributed by atoms with van der Waals surface area (Å²) in [6.45, 7) is 0.604. The first-order valence-corrected chi connectivity index (χ1v) is 9.98. The van der Waals surface area contributed by atoms with Gasteiger partial charge in [-0.1, -0.05) is 25.7 Å².